The highest BCUT2D eigenvalue weighted by atomic mass is 35.5. The van der Waals surface area contributed by atoms with Gasteiger partial charge in [-0.2, -0.15) is 10.1 Å². The number of aromatic nitrogens is 3. The lowest BCUT2D eigenvalue weighted by molar-refractivity contribution is -0.118. The average molecular weight is 465 g/mol. The molecular weight excluding hydrogens is 440 g/mol. The van der Waals surface area contributed by atoms with Gasteiger partial charge in [0.05, 0.1) is 7.11 Å². The van der Waals surface area contributed by atoms with Gasteiger partial charge in [-0.25, -0.2) is 4.68 Å². The molecule has 1 atom stereocenters. The SMILES string of the molecule is COc1cc(C2C3=C(CC(C)(C)CC3=O)Nc3ncnn32)ccc1OCc1ccc(Cl)cc1. The number of allylic oxidation sites excluding steroid dienone is 2. The van der Waals surface area contributed by atoms with E-state index in [4.69, 9.17) is 21.1 Å². The van der Waals surface area contributed by atoms with Crippen LogP contribution in [0.1, 0.15) is 43.9 Å². The summed E-state index contributed by atoms with van der Waals surface area (Å²) in [6, 6.07) is 12.9. The van der Waals surface area contributed by atoms with Gasteiger partial charge in [0.15, 0.2) is 17.3 Å². The van der Waals surface area contributed by atoms with Crippen molar-refractivity contribution in [2.75, 3.05) is 12.4 Å². The molecule has 2 heterocycles. The van der Waals surface area contributed by atoms with E-state index in [1.54, 1.807) is 11.8 Å². The summed E-state index contributed by atoms with van der Waals surface area (Å²) in [5, 5.41) is 8.43. The first-order valence-electron chi connectivity index (χ1n) is 10.8. The zero-order valence-corrected chi connectivity index (χ0v) is 19.5. The van der Waals surface area contributed by atoms with Crippen molar-refractivity contribution in [2.45, 2.75) is 39.3 Å². The summed E-state index contributed by atoms with van der Waals surface area (Å²) in [5.41, 5.74) is 3.45. The van der Waals surface area contributed by atoms with Gasteiger partial charge in [-0.05, 0) is 47.2 Å². The van der Waals surface area contributed by atoms with Crippen molar-refractivity contribution in [2.24, 2.45) is 5.41 Å². The highest BCUT2D eigenvalue weighted by Crippen LogP contribution is 2.46. The predicted molar refractivity (Wildman–Crippen MR) is 126 cm³/mol. The first-order chi connectivity index (χ1) is 15.8. The largest absolute Gasteiger partial charge is 0.493 e. The highest BCUT2D eigenvalue weighted by Gasteiger charge is 2.41. The summed E-state index contributed by atoms with van der Waals surface area (Å²) in [6.45, 7) is 4.61. The third-order valence-electron chi connectivity index (χ3n) is 6.08. The maximum absolute atomic E-state index is 13.2. The fraction of sp³-hybridized carbons (Fsp3) is 0.320. The zero-order chi connectivity index (χ0) is 23.2. The maximum atomic E-state index is 13.2. The Hall–Kier alpha value is -3.32. The average Bonchev–Trinajstić information content (AvgIpc) is 3.24. The number of halogens is 1. The van der Waals surface area contributed by atoms with Crippen molar-refractivity contribution < 1.29 is 14.3 Å². The fourth-order valence-corrected chi connectivity index (χ4v) is 4.70. The predicted octanol–water partition coefficient (Wildman–Crippen LogP) is 5.18. The summed E-state index contributed by atoms with van der Waals surface area (Å²) in [7, 11) is 1.61. The molecule has 170 valence electrons. The number of nitrogens with zero attached hydrogens (tertiary/aromatic N) is 3. The summed E-state index contributed by atoms with van der Waals surface area (Å²) in [6.07, 6.45) is 2.77. The number of ether oxygens (including phenoxy) is 2. The van der Waals surface area contributed by atoms with Gasteiger partial charge in [0, 0.05) is 22.7 Å². The Morgan fingerprint density at radius 1 is 1.15 bits per heavy atom. The Balaban J connectivity index is 1.49. The smallest absolute Gasteiger partial charge is 0.226 e. The first kappa shape index (κ1) is 21.5. The van der Waals surface area contributed by atoms with E-state index in [9.17, 15) is 4.79 Å². The van der Waals surface area contributed by atoms with Gasteiger partial charge in [0.2, 0.25) is 5.95 Å². The standard InChI is InChI=1S/C25H25ClN4O3/c1-25(2)11-18-22(19(31)12-25)23(30-24(29-18)27-14-28-30)16-6-9-20(21(10-16)32-3)33-13-15-4-7-17(26)8-5-15/h4-10,14,23H,11-13H2,1-3H3,(H,27,28,29). The van der Waals surface area contributed by atoms with Gasteiger partial charge in [-0.1, -0.05) is 43.6 Å². The van der Waals surface area contributed by atoms with Crippen LogP contribution >= 0.6 is 11.6 Å². The van der Waals surface area contributed by atoms with Crippen molar-refractivity contribution in [3.8, 4) is 11.5 Å². The normalized spacial score (nSPS) is 18.9. The molecule has 5 rings (SSSR count). The summed E-state index contributed by atoms with van der Waals surface area (Å²) >= 11 is 5.97. The number of ketones is 1. The number of rotatable bonds is 5. The van der Waals surface area contributed by atoms with Crippen molar-refractivity contribution in [3.63, 3.8) is 0 Å². The fourth-order valence-electron chi connectivity index (χ4n) is 4.57. The molecule has 1 N–H and O–H groups in total. The summed E-state index contributed by atoms with van der Waals surface area (Å²) < 4.78 is 13.4. The van der Waals surface area contributed by atoms with Crippen LogP contribution in [0.25, 0.3) is 0 Å². The number of anilines is 1. The van der Waals surface area contributed by atoms with Gasteiger partial charge in [0.1, 0.15) is 19.0 Å². The number of carbonyl (C=O) groups is 1. The van der Waals surface area contributed by atoms with Crippen LogP contribution < -0.4 is 14.8 Å². The van der Waals surface area contributed by atoms with Crippen LogP contribution in [0, 0.1) is 5.41 Å². The van der Waals surface area contributed by atoms with E-state index in [1.165, 1.54) is 6.33 Å². The van der Waals surface area contributed by atoms with E-state index in [-0.39, 0.29) is 17.2 Å². The Kier molecular flexibility index (Phi) is 5.37. The minimum atomic E-state index is -0.374. The first-order valence-corrected chi connectivity index (χ1v) is 11.2. The van der Waals surface area contributed by atoms with Gasteiger partial charge >= 0.3 is 0 Å². The third kappa shape index (κ3) is 4.09. The molecule has 33 heavy (non-hydrogen) atoms. The molecule has 0 spiro atoms. The second kappa shape index (κ2) is 8.23. The monoisotopic (exact) mass is 464 g/mol. The van der Waals surface area contributed by atoms with Crippen LogP contribution in [0.2, 0.25) is 5.02 Å². The Bertz CT molecular complexity index is 1250. The van der Waals surface area contributed by atoms with Crippen molar-refractivity contribution in [1.29, 1.82) is 0 Å². The zero-order valence-electron chi connectivity index (χ0n) is 18.8. The molecule has 7 nitrogen and oxygen atoms in total. The molecule has 0 fully saturated rings. The minimum Gasteiger partial charge on any atom is -0.493 e. The molecule has 1 aliphatic heterocycles. The topological polar surface area (TPSA) is 78.3 Å². The Morgan fingerprint density at radius 2 is 1.94 bits per heavy atom. The number of Topliss-reactive ketones (excluding diaryl/α,β-unsaturated/α-hetero) is 1. The van der Waals surface area contributed by atoms with E-state index in [0.717, 1.165) is 28.8 Å². The van der Waals surface area contributed by atoms with Crippen LogP contribution in [-0.4, -0.2) is 27.7 Å². The minimum absolute atomic E-state index is 0.104. The Morgan fingerprint density at radius 3 is 2.70 bits per heavy atom. The number of benzene rings is 2. The van der Waals surface area contributed by atoms with E-state index >= 15 is 0 Å². The molecule has 2 aromatic carbocycles. The van der Waals surface area contributed by atoms with Gasteiger partial charge in [-0.15, -0.1) is 0 Å². The number of methoxy groups -OCH3 is 1. The number of carbonyl (C=O) groups excluding carboxylic acids is 1. The molecule has 3 aromatic rings. The molecular formula is C25H25ClN4O3. The summed E-state index contributed by atoms with van der Waals surface area (Å²) in [4.78, 5) is 17.6. The number of hydrogen-bond acceptors (Lipinski definition) is 6. The van der Waals surface area contributed by atoms with Crippen LogP contribution in [0.4, 0.5) is 5.95 Å². The molecule has 0 saturated heterocycles. The lowest BCUT2D eigenvalue weighted by atomic mass is 9.73. The number of hydrogen-bond donors (Lipinski definition) is 1. The van der Waals surface area contributed by atoms with E-state index in [0.29, 0.717) is 35.5 Å². The highest BCUT2D eigenvalue weighted by molar-refractivity contribution is 6.30. The number of fused-ring (bicyclic) bond motifs is 1. The van der Waals surface area contributed by atoms with Crippen molar-refractivity contribution >= 4 is 23.3 Å². The van der Waals surface area contributed by atoms with Crippen LogP contribution in [0.5, 0.6) is 11.5 Å². The lowest BCUT2D eigenvalue weighted by Gasteiger charge is -2.38. The molecule has 1 aliphatic carbocycles. The molecule has 1 unspecified atom stereocenters. The molecule has 1 aromatic heterocycles. The molecule has 0 saturated carbocycles. The molecule has 0 radical (unpaired) electrons. The molecule has 8 heteroatoms. The van der Waals surface area contributed by atoms with Crippen molar-refractivity contribution in [3.05, 3.63) is 76.2 Å². The second-order valence-corrected chi connectivity index (χ2v) is 9.65. The van der Waals surface area contributed by atoms with Crippen LogP contribution in [-0.2, 0) is 11.4 Å². The van der Waals surface area contributed by atoms with Crippen LogP contribution in [0.15, 0.2) is 60.1 Å². The maximum Gasteiger partial charge on any atom is 0.226 e. The molecule has 0 bridgehead atoms. The van der Waals surface area contributed by atoms with Crippen LogP contribution in [0.3, 0.4) is 0 Å². The van der Waals surface area contributed by atoms with Gasteiger partial charge in [0.25, 0.3) is 0 Å². The summed E-state index contributed by atoms with van der Waals surface area (Å²) in [5.74, 6) is 1.97. The number of nitrogens with one attached hydrogen (secondary N) is 1. The van der Waals surface area contributed by atoms with E-state index in [2.05, 4.69) is 29.2 Å². The third-order valence-corrected chi connectivity index (χ3v) is 6.34. The van der Waals surface area contributed by atoms with Gasteiger partial charge in [-0.3, -0.25) is 4.79 Å². The van der Waals surface area contributed by atoms with Crippen molar-refractivity contribution in [1.82, 2.24) is 14.8 Å². The molecule has 0 amide bonds. The van der Waals surface area contributed by atoms with E-state index in [1.807, 2.05) is 42.5 Å². The van der Waals surface area contributed by atoms with Gasteiger partial charge < -0.3 is 14.8 Å². The lowest BCUT2D eigenvalue weighted by Crippen LogP contribution is -2.36. The van der Waals surface area contributed by atoms with E-state index < -0.39 is 0 Å². The Labute approximate surface area is 197 Å². The molecule has 2 aliphatic rings. The quantitative estimate of drug-likeness (QED) is 0.560. The second-order valence-electron chi connectivity index (χ2n) is 9.21.